The van der Waals surface area contributed by atoms with Gasteiger partial charge in [0.25, 0.3) is 0 Å². The number of hydrogen-bond acceptors (Lipinski definition) is 3. The Hall–Kier alpha value is -1.34. The van der Waals surface area contributed by atoms with Crippen molar-refractivity contribution >= 4 is 22.2 Å². The quantitative estimate of drug-likeness (QED) is 0.670. The molecule has 1 N–H and O–H groups in total. The summed E-state index contributed by atoms with van der Waals surface area (Å²) < 4.78 is 0. The maximum atomic E-state index is 10.6. The Balaban J connectivity index is 2.79. The highest BCUT2D eigenvalue weighted by Gasteiger charge is 2.03. The summed E-state index contributed by atoms with van der Waals surface area (Å²) in [5.41, 5.74) is 1.13. The lowest BCUT2D eigenvalue weighted by Gasteiger charge is -1.91. The van der Waals surface area contributed by atoms with Crippen molar-refractivity contribution in [3.8, 4) is 6.07 Å². The first-order valence-electron chi connectivity index (χ1n) is 3.41. The van der Waals surface area contributed by atoms with E-state index >= 15 is 0 Å². The molecule has 0 aliphatic carbocycles. The van der Waals surface area contributed by atoms with Gasteiger partial charge in [0, 0.05) is 4.88 Å². The number of nitrogens with one attached hydrogen (secondary N) is 1. The van der Waals surface area contributed by atoms with Crippen LogP contribution < -0.4 is 5.32 Å². The second-order valence-electron chi connectivity index (χ2n) is 2.42. The molecule has 0 saturated carbocycles. The molecule has 1 amide bonds. The van der Waals surface area contributed by atoms with Crippen LogP contribution in [0.15, 0.2) is 6.07 Å². The van der Waals surface area contributed by atoms with Crippen LogP contribution in [0.25, 0.3) is 0 Å². The van der Waals surface area contributed by atoms with Crippen molar-refractivity contribution in [2.24, 2.45) is 0 Å². The molecule has 0 bridgehead atoms. The van der Waals surface area contributed by atoms with Crippen molar-refractivity contribution in [2.75, 3.05) is 5.32 Å². The topological polar surface area (TPSA) is 52.9 Å². The van der Waals surface area contributed by atoms with E-state index in [0.29, 0.717) is 0 Å². The van der Waals surface area contributed by atoms with E-state index in [1.807, 2.05) is 19.9 Å². The second-order valence-corrected chi connectivity index (χ2v) is 3.67. The van der Waals surface area contributed by atoms with Crippen molar-refractivity contribution in [3.63, 3.8) is 0 Å². The fourth-order valence-electron chi connectivity index (χ4n) is 0.775. The summed E-state index contributed by atoms with van der Waals surface area (Å²) in [6.07, 6.45) is 0. The molecule has 0 aliphatic rings. The zero-order valence-corrected chi connectivity index (χ0v) is 7.66. The van der Waals surface area contributed by atoms with Gasteiger partial charge in [-0.25, -0.2) is 0 Å². The number of carbonyl (C=O) groups is 1. The monoisotopic (exact) mass is 180 g/mol. The van der Waals surface area contributed by atoms with Crippen LogP contribution in [-0.2, 0) is 4.79 Å². The average Bonchev–Trinajstić information content (AvgIpc) is 2.31. The number of hydrogen-bond donors (Lipinski definition) is 1. The van der Waals surface area contributed by atoms with E-state index in [1.54, 1.807) is 0 Å². The Kier molecular flexibility index (Phi) is 2.46. The number of carbonyl (C=O) groups excluding carboxylic acids is 1. The first kappa shape index (κ1) is 8.75. The van der Waals surface area contributed by atoms with E-state index in [9.17, 15) is 4.79 Å². The molecule has 0 fully saturated rings. The van der Waals surface area contributed by atoms with Gasteiger partial charge in [-0.1, -0.05) is 0 Å². The van der Waals surface area contributed by atoms with Crippen molar-refractivity contribution in [1.82, 2.24) is 0 Å². The molecule has 0 atom stereocenters. The minimum absolute atomic E-state index is 0.615. The molecule has 0 spiro atoms. The third-order valence-corrected chi connectivity index (χ3v) is 2.57. The fourth-order valence-corrected chi connectivity index (χ4v) is 1.70. The zero-order chi connectivity index (χ0) is 9.14. The molecule has 0 radical (unpaired) electrons. The number of anilines is 1. The summed E-state index contributed by atoms with van der Waals surface area (Å²) >= 11 is 1.47. The summed E-state index contributed by atoms with van der Waals surface area (Å²) in [5.74, 6) is -0.615. The van der Waals surface area contributed by atoms with E-state index < -0.39 is 5.91 Å². The third kappa shape index (κ3) is 1.83. The van der Waals surface area contributed by atoms with Crippen LogP contribution in [0.1, 0.15) is 10.4 Å². The highest BCUT2D eigenvalue weighted by atomic mass is 32.1. The minimum atomic E-state index is -0.615. The minimum Gasteiger partial charge on any atom is -0.305 e. The Bertz CT molecular complexity index is 329. The summed E-state index contributed by atoms with van der Waals surface area (Å²) in [6.45, 7) is 3.94. The van der Waals surface area contributed by atoms with Gasteiger partial charge in [-0.3, -0.25) is 4.79 Å². The molecular weight excluding hydrogens is 172 g/mol. The molecule has 1 heterocycles. The molecule has 3 nitrogen and oxygen atoms in total. The van der Waals surface area contributed by atoms with Crippen LogP contribution in [0.2, 0.25) is 0 Å². The van der Waals surface area contributed by atoms with Crippen molar-refractivity contribution in [2.45, 2.75) is 13.8 Å². The first-order chi connectivity index (χ1) is 5.63. The van der Waals surface area contributed by atoms with E-state index in [4.69, 9.17) is 5.26 Å². The van der Waals surface area contributed by atoms with E-state index in [2.05, 4.69) is 5.32 Å². The van der Waals surface area contributed by atoms with Gasteiger partial charge in [0.1, 0.15) is 0 Å². The third-order valence-electron chi connectivity index (χ3n) is 1.50. The maximum Gasteiger partial charge on any atom is 0.327 e. The fraction of sp³-hybridized carbons (Fsp3) is 0.250. The summed E-state index contributed by atoms with van der Waals surface area (Å²) in [6, 6.07) is 3.36. The lowest BCUT2D eigenvalue weighted by Crippen LogP contribution is -2.06. The number of thiophene rings is 1. The molecule has 0 aliphatic heterocycles. The van der Waals surface area contributed by atoms with Crippen LogP contribution in [0.5, 0.6) is 0 Å². The number of amides is 1. The lowest BCUT2D eigenvalue weighted by atomic mass is 10.3. The van der Waals surface area contributed by atoms with Gasteiger partial charge in [-0.05, 0) is 25.5 Å². The summed E-state index contributed by atoms with van der Waals surface area (Å²) in [7, 11) is 0. The molecule has 0 unspecified atom stereocenters. The van der Waals surface area contributed by atoms with Crippen LogP contribution in [-0.4, -0.2) is 5.91 Å². The van der Waals surface area contributed by atoms with Crippen molar-refractivity contribution in [1.29, 1.82) is 5.26 Å². The Labute approximate surface area is 74.6 Å². The van der Waals surface area contributed by atoms with Gasteiger partial charge < -0.3 is 5.32 Å². The highest BCUT2D eigenvalue weighted by molar-refractivity contribution is 7.16. The standard InChI is InChI=1S/C8H8N2OS/c1-5-3-8(12-6(5)2)10-7(11)4-9/h3H,1-2H3,(H,10,11). The van der Waals surface area contributed by atoms with Gasteiger partial charge in [-0.2, -0.15) is 5.26 Å². The first-order valence-corrected chi connectivity index (χ1v) is 4.23. The molecule has 4 heteroatoms. The SMILES string of the molecule is Cc1cc(NC(=O)C#N)sc1C. The molecular formula is C8H8N2OS. The largest absolute Gasteiger partial charge is 0.327 e. The van der Waals surface area contributed by atoms with Gasteiger partial charge in [0.2, 0.25) is 0 Å². The van der Waals surface area contributed by atoms with Crippen LogP contribution in [0.4, 0.5) is 5.00 Å². The normalized spacial score (nSPS) is 9.08. The van der Waals surface area contributed by atoms with Gasteiger partial charge in [-0.15, -0.1) is 11.3 Å². The molecule has 12 heavy (non-hydrogen) atoms. The second kappa shape index (κ2) is 3.37. The maximum absolute atomic E-state index is 10.6. The Morgan fingerprint density at radius 2 is 2.33 bits per heavy atom. The van der Waals surface area contributed by atoms with Crippen molar-refractivity contribution in [3.05, 3.63) is 16.5 Å². The lowest BCUT2D eigenvalue weighted by molar-refractivity contribution is -0.111. The van der Waals surface area contributed by atoms with Gasteiger partial charge >= 0.3 is 5.91 Å². The number of rotatable bonds is 1. The molecule has 1 aromatic heterocycles. The van der Waals surface area contributed by atoms with E-state index in [1.165, 1.54) is 17.4 Å². The predicted octanol–water partition coefficient (Wildman–Crippen LogP) is 1.83. The average molecular weight is 180 g/mol. The van der Waals surface area contributed by atoms with Gasteiger partial charge in [0.15, 0.2) is 6.07 Å². The van der Waals surface area contributed by atoms with Gasteiger partial charge in [0.05, 0.1) is 5.00 Å². The Morgan fingerprint density at radius 1 is 1.67 bits per heavy atom. The number of nitrogens with zero attached hydrogens (tertiary/aromatic N) is 1. The molecule has 0 saturated heterocycles. The van der Waals surface area contributed by atoms with Crippen LogP contribution in [0.3, 0.4) is 0 Å². The molecule has 1 rings (SSSR count). The highest BCUT2D eigenvalue weighted by Crippen LogP contribution is 2.25. The number of aryl methyl sites for hydroxylation is 2. The zero-order valence-electron chi connectivity index (χ0n) is 6.84. The Morgan fingerprint density at radius 3 is 2.75 bits per heavy atom. The van der Waals surface area contributed by atoms with Crippen molar-refractivity contribution < 1.29 is 4.79 Å². The van der Waals surface area contributed by atoms with Crippen LogP contribution >= 0.6 is 11.3 Å². The van der Waals surface area contributed by atoms with Crippen LogP contribution in [0, 0.1) is 25.2 Å². The van der Waals surface area contributed by atoms with E-state index in [0.717, 1.165) is 15.4 Å². The predicted molar refractivity (Wildman–Crippen MR) is 48.0 cm³/mol. The summed E-state index contributed by atoms with van der Waals surface area (Å²) in [4.78, 5) is 11.8. The number of nitriles is 1. The molecule has 0 aromatic carbocycles. The smallest absolute Gasteiger partial charge is 0.305 e. The molecule has 1 aromatic rings. The van der Waals surface area contributed by atoms with E-state index in [-0.39, 0.29) is 0 Å². The summed E-state index contributed by atoms with van der Waals surface area (Å²) in [5, 5.41) is 11.4. The molecule has 62 valence electrons.